The Labute approximate surface area is 218 Å². The van der Waals surface area contributed by atoms with Crippen LogP contribution in [0.2, 0.25) is 10.0 Å². The highest BCUT2D eigenvalue weighted by Gasteiger charge is 2.43. The van der Waals surface area contributed by atoms with Gasteiger partial charge in [0, 0.05) is 41.8 Å². The van der Waals surface area contributed by atoms with Crippen molar-refractivity contribution < 1.29 is 9.59 Å². The molecule has 2 amide bonds. The molecule has 2 heterocycles. The van der Waals surface area contributed by atoms with Crippen molar-refractivity contribution in [3.8, 4) is 0 Å². The molecular weight excluding hydrogens is 501 g/mol. The fourth-order valence-electron chi connectivity index (χ4n) is 4.30. The summed E-state index contributed by atoms with van der Waals surface area (Å²) >= 11 is 13.9. The van der Waals surface area contributed by atoms with Gasteiger partial charge in [0.2, 0.25) is 0 Å². The number of rotatable bonds is 5. The number of aryl methyl sites for hydroxylation is 1. The molecule has 0 radical (unpaired) electrons. The van der Waals surface area contributed by atoms with E-state index >= 15 is 0 Å². The minimum absolute atomic E-state index is 0.297. The van der Waals surface area contributed by atoms with E-state index in [0.717, 1.165) is 34.1 Å². The maximum atomic E-state index is 13.8. The van der Waals surface area contributed by atoms with Gasteiger partial charge in [-0.2, -0.15) is 0 Å². The van der Waals surface area contributed by atoms with Crippen LogP contribution in [-0.4, -0.2) is 42.9 Å². The van der Waals surface area contributed by atoms with E-state index in [4.69, 9.17) is 23.2 Å². The van der Waals surface area contributed by atoms with Gasteiger partial charge in [0.25, 0.3) is 11.8 Å². The summed E-state index contributed by atoms with van der Waals surface area (Å²) in [5.41, 5.74) is 3.00. The Bertz CT molecular complexity index is 1300. The fourth-order valence-corrected chi connectivity index (χ4v) is 5.66. The Balaban J connectivity index is 1.48. The zero-order valence-corrected chi connectivity index (χ0v) is 21.4. The Kier molecular flexibility index (Phi) is 6.78. The van der Waals surface area contributed by atoms with Crippen molar-refractivity contribution in [2.24, 2.45) is 0 Å². The molecule has 1 fully saturated rings. The van der Waals surface area contributed by atoms with Gasteiger partial charge in [-0.1, -0.05) is 70.9 Å². The summed E-state index contributed by atoms with van der Waals surface area (Å²) < 4.78 is 0. The second-order valence-corrected chi connectivity index (χ2v) is 10.4. The molecule has 0 saturated carbocycles. The van der Waals surface area contributed by atoms with E-state index in [2.05, 4.69) is 17.0 Å². The number of carbonyl (C=O) groups is 2. The standard InChI is InChI=1S/C27H23Cl2N3O2S/c1-18-7-10-21(11-8-18)35-25-24(31-15-13-30(14-16-31)20-5-3-2-4-6-20)26(33)32(27(25)34)23-17-19(28)9-12-22(23)29/h2-12,17H,13-16H2,1H3. The van der Waals surface area contributed by atoms with Crippen LogP contribution in [0.25, 0.3) is 0 Å². The van der Waals surface area contributed by atoms with Gasteiger partial charge in [0.05, 0.1) is 10.7 Å². The zero-order valence-electron chi connectivity index (χ0n) is 19.1. The van der Waals surface area contributed by atoms with E-state index in [-0.39, 0.29) is 11.8 Å². The topological polar surface area (TPSA) is 43.9 Å². The first-order valence-corrected chi connectivity index (χ1v) is 12.9. The Morgan fingerprint density at radius 3 is 2.11 bits per heavy atom. The molecule has 5 nitrogen and oxygen atoms in total. The average molecular weight is 524 g/mol. The summed E-state index contributed by atoms with van der Waals surface area (Å²) in [6, 6.07) is 22.9. The van der Waals surface area contributed by atoms with E-state index in [1.165, 1.54) is 11.8 Å². The molecule has 0 spiro atoms. The van der Waals surface area contributed by atoms with Gasteiger partial charge in [-0.3, -0.25) is 9.59 Å². The normalized spacial score (nSPS) is 16.5. The van der Waals surface area contributed by atoms with Gasteiger partial charge < -0.3 is 9.80 Å². The Morgan fingerprint density at radius 2 is 1.43 bits per heavy atom. The third-order valence-corrected chi connectivity index (χ3v) is 7.76. The number of halogens is 2. The van der Waals surface area contributed by atoms with Crippen LogP contribution < -0.4 is 9.80 Å². The predicted octanol–water partition coefficient (Wildman–Crippen LogP) is 6.00. The van der Waals surface area contributed by atoms with Crippen molar-refractivity contribution in [1.82, 2.24) is 4.90 Å². The highest BCUT2D eigenvalue weighted by atomic mass is 35.5. The number of thioether (sulfide) groups is 1. The molecule has 0 unspecified atom stereocenters. The van der Waals surface area contributed by atoms with Crippen molar-refractivity contribution in [2.45, 2.75) is 11.8 Å². The lowest BCUT2D eigenvalue weighted by Gasteiger charge is -2.37. The second-order valence-electron chi connectivity index (χ2n) is 8.44. The smallest absolute Gasteiger partial charge is 0.283 e. The molecule has 0 aromatic heterocycles. The van der Waals surface area contributed by atoms with Gasteiger partial charge in [0.15, 0.2) is 0 Å². The first-order valence-electron chi connectivity index (χ1n) is 11.3. The van der Waals surface area contributed by atoms with Crippen LogP contribution in [0.15, 0.2) is 88.3 Å². The lowest BCUT2D eigenvalue weighted by Crippen LogP contribution is -2.47. The molecule has 0 bridgehead atoms. The summed E-state index contributed by atoms with van der Waals surface area (Å²) in [4.78, 5) is 34.2. The molecule has 0 atom stereocenters. The highest BCUT2D eigenvalue weighted by Crippen LogP contribution is 2.41. The number of anilines is 2. The molecule has 0 N–H and O–H groups in total. The highest BCUT2D eigenvalue weighted by molar-refractivity contribution is 8.04. The number of nitrogens with zero attached hydrogens (tertiary/aromatic N) is 3. The Morgan fingerprint density at radius 1 is 0.771 bits per heavy atom. The lowest BCUT2D eigenvalue weighted by atomic mass is 10.2. The molecule has 5 rings (SSSR count). The van der Waals surface area contributed by atoms with Gasteiger partial charge in [0.1, 0.15) is 10.6 Å². The van der Waals surface area contributed by atoms with E-state index in [9.17, 15) is 9.59 Å². The minimum Gasteiger partial charge on any atom is -0.368 e. The van der Waals surface area contributed by atoms with Crippen LogP contribution in [0.4, 0.5) is 11.4 Å². The monoisotopic (exact) mass is 523 g/mol. The van der Waals surface area contributed by atoms with Crippen LogP contribution in [0.1, 0.15) is 5.56 Å². The number of para-hydroxylation sites is 1. The SMILES string of the molecule is Cc1ccc(SC2=C(N3CCN(c4ccccc4)CC3)C(=O)N(c3cc(Cl)ccc3Cl)C2=O)cc1. The molecule has 3 aromatic carbocycles. The number of hydrogen-bond donors (Lipinski definition) is 0. The van der Waals surface area contributed by atoms with E-state index < -0.39 is 0 Å². The fraction of sp³-hybridized carbons (Fsp3) is 0.185. The molecule has 0 aliphatic carbocycles. The van der Waals surface area contributed by atoms with Crippen LogP contribution in [0.3, 0.4) is 0 Å². The molecule has 8 heteroatoms. The van der Waals surface area contributed by atoms with Crippen molar-refractivity contribution >= 4 is 58.2 Å². The summed E-state index contributed by atoms with van der Waals surface area (Å²) in [6.45, 7) is 4.75. The number of piperazine rings is 1. The van der Waals surface area contributed by atoms with Crippen molar-refractivity contribution in [3.63, 3.8) is 0 Å². The zero-order chi connectivity index (χ0) is 24.5. The van der Waals surface area contributed by atoms with Gasteiger partial charge >= 0.3 is 0 Å². The molecule has 2 aliphatic rings. The third-order valence-electron chi connectivity index (χ3n) is 6.13. The second kappa shape index (κ2) is 9.97. The number of imide groups is 1. The molecule has 2 aliphatic heterocycles. The van der Waals surface area contributed by atoms with Crippen molar-refractivity contribution in [3.05, 3.63) is 99.0 Å². The number of hydrogen-bond acceptors (Lipinski definition) is 5. The maximum Gasteiger partial charge on any atom is 0.283 e. The molecular formula is C27H23Cl2N3O2S. The lowest BCUT2D eigenvalue weighted by molar-refractivity contribution is -0.121. The van der Waals surface area contributed by atoms with Crippen LogP contribution >= 0.6 is 35.0 Å². The third kappa shape index (κ3) is 4.79. The summed E-state index contributed by atoms with van der Waals surface area (Å²) in [5, 5.41) is 0.702. The average Bonchev–Trinajstić information content (AvgIpc) is 3.11. The molecule has 35 heavy (non-hydrogen) atoms. The number of benzene rings is 3. The molecule has 1 saturated heterocycles. The number of amides is 2. The first-order chi connectivity index (χ1) is 16.9. The largest absolute Gasteiger partial charge is 0.368 e. The van der Waals surface area contributed by atoms with Crippen molar-refractivity contribution in [2.75, 3.05) is 36.0 Å². The minimum atomic E-state index is -0.384. The molecule has 178 valence electrons. The number of carbonyl (C=O) groups excluding carboxylic acids is 2. The van der Waals surface area contributed by atoms with Gasteiger partial charge in [-0.15, -0.1) is 0 Å². The Hall–Kier alpha value is -2.93. The van der Waals surface area contributed by atoms with Crippen LogP contribution in [-0.2, 0) is 9.59 Å². The summed E-state index contributed by atoms with van der Waals surface area (Å²) in [5.74, 6) is -0.757. The van der Waals surface area contributed by atoms with Gasteiger partial charge in [-0.05, 0) is 49.4 Å². The summed E-state index contributed by atoms with van der Waals surface area (Å²) in [7, 11) is 0. The van der Waals surface area contributed by atoms with E-state index in [1.54, 1.807) is 18.2 Å². The maximum absolute atomic E-state index is 13.8. The van der Waals surface area contributed by atoms with E-state index in [0.29, 0.717) is 39.4 Å². The van der Waals surface area contributed by atoms with Crippen molar-refractivity contribution in [1.29, 1.82) is 0 Å². The van der Waals surface area contributed by atoms with E-state index in [1.807, 2.05) is 54.3 Å². The molecule has 3 aromatic rings. The first kappa shape index (κ1) is 23.8. The van der Waals surface area contributed by atoms with Crippen LogP contribution in [0, 0.1) is 6.92 Å². The quantitative estimate of drug-likeness (QED) is 0.383. The summed E-state index contributed by atoms with van der Waals surface area (Å²) in [6.07, 6.45) is 0. The van der Waals surface area contributed by atoms with Gasteiger partial charge in [-0.25, -0.2) is 4.90 Å². The predicted molar refractivity (Wildman–Crippen MR) is 143 cm³/mol. The van der Waals surface area contributed by atoms with Crippen LogP contribution in [0.5, 0.6) is 0 Å².